The minimum Gasteiger partial charge on any atom is -0.508 e. The van der Waals surface area contributed by atoms with Gasteiger partial charge in [-0.05, 0) is 25.5 Å². The Bertz CT molecular complexity index is 687. The predicted molar refractivity (Wildman–Crippen MR) is 90.2 cm³/mol. The van der Waals surface area contributed by atoms with Crippen LogP contribution in [-0.4, -0.2) is 34.0 Å². The van der Waals surface area contributed by atoms with Crippen LogP contribution < -0.4 is 0 Å². The van der Waals surface area contributed by atoms with Crippen molar-refractivity contribution in [3.05, 3.63) is 65.7 Å². The molecule has 1 aliphatic heterocycles. The Morgan fingerprint density at radius 3 is 2.09 bits per heavy atom. The Hall–Kier alpha value is -2.49. The first-order valence-electron chi connectivity index (χ1n) is 7.99. The molecule has 2 aromatic rings. The van der Waals surface area contributed by atoms with Gasteiger partial charge < -0.3 is 14.9 Å². The number of benzene rings is 2. The molecule has 120 valence electrons. The second-order valence-electron chi connectivity index (χ2n) is 5.99. The Morgan fingerprint density at radius 2 is 1.43 bits per heavy atom. The van der Waals surface area contributed by atoms with E-state index >= 15 is 0 Å². The van der Waals surface area contributed by atoms with Crippen molar-refractivity contribution in [2.75, 3.05) is 13.1 Å². The van der Waals surface area contributed by atoms with E-state index in [0.717, 1.165) is 11.1 Å². The lowest BCUT2D eigenvalue weighted by atomic mass is 10.1. The van der Waals surface area contributed by atoms with Crippen LogP contribution in [0, 0.1) is 0 Å². The third kappa shape index (κ3) is 2.89. The van der Waals surface area contributed by atoms with Gasteiger partial charge in [0.1, 0.15) is 5.75 Å². The second kappa shape index (κ2) is 6.32. The number of para-hydroxylation sites is 1. The Morgan fingerprint density at radius 1 is 0.870 bits per heavy atom. The first-order chi connectivity index (χ1) is 11.1. The minimum absolute atomic E-state index is 0.0251. The van der Waals surface area contributed by atoms with E-state index in [4.69, 9.17) is 0 Å². The van der Waals surface area contributed by atoms with Gasteiger partial charge in [0.2, 0.25) is 0 Å². The molecule has 23 heavy (non-hydrogen) atoms. The number of urea groups is 1. The molecule has 0 spiro atoms. The van der Waals surface area contributed by atoms with Gasteiger partial charge in [0.25, 0.3) is 0 Å². The highest BCUT2D eigenvalue weighted by Gasteiger charge is 2.35. The summed E-state index contributed by atoms with van der Waals surface area (Å²) in [5, 5.41) is 10.0. The summed E-state index contributed by atoms with van der Waals surface area (Å²) in [7, 11) is 0. The smallest absolute Gasteiger partial charge is 0.321 e. The fraction of sp³-hybridized carbons (Fsp3) is 0.316. The lowest BCUT2D eigenvalue weighted by Gasteiger charge is -2.28. The maximum atomic E-state index is 12.8. The molecule has 2 amide bonds. The average molecular weight is 310 g/mol. The molecule has 0 aliphatic carbocycles. The van der Waals surface area contributed by atoms with E-state index in [2.05, 4.69) is 6.92 Å². The highest BCUT2D eigenvalue weighted by atomic mass is 16.3. The Balaban J connectivity index is 1.78. The number of rotatable bonds is 4. The van der Waals surface area contributed by atoms with Crippen LogP contribution in [0.3, 0.4) is 0 Å². The molecule has 1 heterocycles. The van der Waals surface area contributed by atoms with Gasteiger partial charge in [-0.15, -0.1) is 0 Å². The number of hydrogen-bond donors (Lipinski definition) is 1. The molecule has 1 fully saturated rings. The van der Waals surface area contributed by atoms with Crippen LogP contribution in [0.15, 0.2) is 54.6 Å². The maximum Gasteiger partial charge on any atom is 0.321 e. The Kier molecular flexibility index (Phi) is 4.24. The number of nitrogens with zero attached hydrogens (tertiary/aromatic N) is 2. The Labute approximate surface area is 137 Å². The van der Waals surface area contributed by atoms with Crippen LogP contribution >= 0.6 is 0 Å². The van der Waals surface area contributed by atoms with Crippen molar-refractivity contribution in [3.8, 4) is 5.75 Å². The van der Waals surface area contributed by atoms with E-state index in [1.54, 1.807) is 12.1 Å². The van der Waals surface area contributed by atoms with Gasteiger partial charge >= 0.3 is 6.03 Å². The van der Waals surface area contributed by atoms with Gasteiger partial charge in [0.15, 0.2) is 0 Å². The summed E-state index contributed by atoms with van der Waals surface area (Å²) in [5.41, 5.74) is 1.92. The summed E-state index contributed by atoms with van der Waals surface area (Å²) >= 11 is 0. The SMILES string of the molecule is CC(c1ccccc1O)N1CCN([C@@H](C)c2ccccc2)C1=O. The minimum atomic E-state index is -0.142. The van der Waals surface area contributed by atoms with E-state index in [0.29, 0.717) is 13.1 Å². The highest BCUT2D eigenvalue weighted by Crippen LogP contribution is 2.33. The standard InChI is InChI=1S/C19H22N2O2/c1-14(16-8-4-3-5-9-16)20-12-13-21(19(20)23)15(2)17-10-6-7-11-18(17)22/h3-11,14-15,22H,12-13H2,1-2H3/t14-,15?/m0/s1. The van der Waals surface area contributed by atoms with E-state index < -0.39 is 0 Å². The highest BCUT2D eigenvalue weighted by molar-refractivity contribution is 5.77. The maximum absolute atomic E-state index is 12.8. The van der Waals surface area contributed by atoms with Crippen molar-refractivity contribution in [1.82, 2.24) is 9.80 Å². The largest absolute Gasteiger partial charge is 0.508 e. The molecule has 1 saturated heterocycles. The molecule has 4 heteroatoms. The first-order valence-corrected chi connectivity index (χ1v) is 7.99. The zero-order valence-corrected chi connectivity index (χ0v) is 13.5. The van der Waals surface area contributed by atoms with Crippen LogP contribution in [0.4, 0.5) is 4.79 Å². The molecular weight excluding hydrogens is 288 g/mol. The van der Waals surface area contributed by atoms with Crippen LogP contribution in [0.2, 0.25) is 0 Å². The van der Waals surface area contributed by atoms with Crippen molar-refractivity contribution < 1.29 is 9.90 Å². The number of carbonyl (C=O) groups excluding carboxylic acids is 1. The molecule has 1 aliphatic rings. The molecule has 0 radical (unpaired) electrons. The molecular formula is C19H22N2O2. The topological polar surface area (TPSA) is 43.8 Å². The number of phenols is 1. The predicted octanol–water partition coefficient (Wildman–Crippen LogP) is 3.95. The third-order valence-electron chi connectivity index (χ3n) is 4.68. The monoisotopic (exact) mass is 310 g/mol. The van der Waals surface area contributed by atoms with Crippen LogP contribution in [0.1, 0.15) is 37.1 Å². The zero-order chi connectivity index (χ0) is 16.4. The quantitative estimate of drug-likeness (QED) is 0.929. The zero-order valence-electron chi connectivity index (χ0n) is 13.5. The number of phenolic OH excluding ortho intramolecular Hbond substituents is 1. The molecule has 3 rings (SSSR count). The van der Waals surface area contributed by atoms with E-state index in [1.165, 1.54) is 0 Å². The average Bonchev–Trinajstić information content (AvgIpc) is 2.96. The van der Waals surface area contributed by atoms with Gasteiger partial charge in [-0.3, -0.25) is 0 Å². The fourth-order valence-electron chi connectivity index (χ4n) is 3.21. The van der Waals surface area contributed by atoms with Crippen molar-refractivity contribution in [2.24, 2.45) is 0 Å². The van der Waals surface area contributed by atoms with Crippen LogP contribution in [0.25, 0.3) is 0 Å². The summed E-state index contributed by atoms with van der Waals surface area (Å²) in [4.78, 5) is 16.5. The van der Waals surface area contributed by atoms with Crippen molar-refractivity contribution >= 4 is 6.03 Å². The number of carbonyl (C=O) groups is 1. The molecule has 0 aromatic heterocycles. The lowest BCUT2D eigenvalue weighted by Crippen LogP contribution is -2.35. The number of aromatic hydroxyl groups is 1. The summed E-state index contributed by atoms with van der Waals surface area (Å²) < 4.78 is 0. The number of hydrogen-bond acceptors (Lipinski definition) is 2. The lowest BCUT2D eigenvalue weighted by molar-refractivity contribution is 0.170. The van der Waals surface area contributed by atoms with Crippen molar-refractivity contribution in [2.45, 2.75) is 25.9 Å². The van der Waals surface area contributed by atoms with Crippen LogP contribution in [-0.2, 0) is 0 Å². The van der Waals surface area contributed by atoms with Gasteiger partial charge in [-0.1, -0.05) is 48.5 Å². The van der Waals surface area contributed by atoms with Gasteiger partial charge in [-0.2, -0.15) is 0 Å². The van der Waals surface area contributed by atoms with Gasteiger partial charge in [0, 0.05) is 18.7 Å². The van der Waals surface area contributed by atoms with Gasteiger partial charge in [-0.25, -0.2) is 4.79 Å². The van der Waals surface area contributed by atoms with E-state index in [-0.39, 0.29) is 23.9 Å². The van der Waals surface area contributed by atoms with E-state index in [1.807, 2.05) is 59.2 Å². The molecule has 1 N–H and O–H groups in total. The summed E-state index contributed by atoms with van der Waals surface area (Å²) in [6.45, 7) is 5.39. The van der Waals surface area contributed by atoms with Crippen molar-refractivity contribution in [1.29, 1.82) is 0 Å². The molecule has 0 bridgehead atoms. The van der Waals surface area contributed by atoms with E-state index in [9.17, 15) is 9.90 Å². The second-order valence-corrected chi connectivity index (χ2v) is 5.99. The van der Waals surface area contributed by atoms with Crippen molar-refractivity contribution in [3.63, 3.8) is 0 Å². The summed E-state index contributed by atoms with van der Waals surface area (Å²) in [6, 6.07) is 17.2. The van der Waals surface area contributed by atoms with Crippen LogP contribution in [0.5, 0.6) is 5.75 Å². The first kappa shape index (κ1) is 15.4. The molecule has 2 aromatic carbocycles. The fourth-order valence-corrected chi connectivity index (χ4v) is 3.21. The molecule has 0 saturated carbocycles. The molecule has 1 unspecified atom stereocenters. The third-order valence-corrected chi connectivity index (χ3v) is 4.68. The number of amides is 2. The summed E-state index contributed by atoms with van der Waals surface area (Å²) in [6.07, 6.45) is 0. The van der Waals surface area contributed by atoms with Gasteiger partial charge in [0.05, 0.1) is 12.1 Å². The molecule has 4 nitrogen and oxygen atoms in total. The summed E-state index contributed by atoms with van der Waals surface area (Å²) in [5.74, 6) is 0.238. The normalized spacial score (nSPS) is 17.4. The molecule has 2 atom stereocenters.